The van der Waals surface area contributed by atoms with Crippen LogP contribution in [0.5, 0.6) is 0 Å². The average molecular weight is 399 g/mol. The topological polar surface area (TPSA) is 64.8 Å². The molecule has 27 heavy (non-hydrogen) atoms. The van der Waals surface area contributed by atoms with E-state index >= 15 is 0 Å². The standard InChI is InChI=1S/C17H13F4N3O2S/c1-10-4-3-5-13(22-10)14-9-16(17(19,20)21)23-24(14)11-6-7-15(12(18)8-11)27(2,25)26/h3-9H,1-2H3. The number of halogens is 4. The number of benzene rings is 1. The van der Waals surface area contributed by atoms with Crippen LogP contribution in [0.4, 0.5) is 17.6 Å². The first-order chi connectivity index (χ1) is 12.5. The summed E-state index contributed by atoms with van der Waals surface area (Å²) in [4.78, 5) is 3.64. The third-order valence-corrected chi connectivity index (χ3v) is 4.84. The van der Waals surface area contributed by atoms with E-state index in [-0.39, 0.29) is 17.1 Å². The van der Waals surface area contributed by atoms with Gasteiger partial charge in [-0.25, -0.2) is 17.5 Å². The summed E-state index contributed by atoms with van der Waals surface area (Å²) in [5.74, 6) is -1.08. The molecule has 0 aliphatic rings. The van der Waals surface area contributed by atoms with Gasteiger partial charge in [-0.15, -0.1) is 0 Å². The average Bonchev–Trinajstić information content (AvgIpc) is 2.99. The molecule has 2 aromatic heterocycles. The maximum Gasteiger partial charge on any atom is 0.435 e. The maximum absolute atomic E-state index is 14.2. The first-order valence-corrected chi connectivity index (χ1v) is 9.47. The van der Waals surface area contributed by atoms with Gasteiger partial charge in [-0.1, -0.05) is 6.07 Å². The molecule has 0 aliphatic heterocycles. The molecule has 0 aliphatic carbocycles. The van der Waals surface area contributed by atoms with E-state index in [0.717, 1.165) is 29.1 Å². The van der Waals surface area contributed by atoms with E-state index < -0.39 is 32.4 Å². The third-order valence-electron chi connectivity index (χ3n) is 3.71. The molecule has 2 heterocycles. The number of hydrogen-bond acceptors (Lipinski definition) is 4. The van der Waals surface area contributed by atoms with Crippen molar-refractivity contribution < 1.29 is 26.0 Å². The van der Waals surface area contributed by atoms with Crippen LogP contribution in [0, 0.1) is 12.7 Å². The number of alkyl halides is 3. The van der Waals surface area contributed by atoms with Gasteiger partial charge >= 0.3 is 6.18 Å². The van der Waals surface area contributed by atoms with Gasteiger partial charge in [0.15, 0.2) is 15.5 Å². The molecule has 3 aromatic rings. The monoisotopic (exact) mass is 399 g/mol. The van der Waals surface area contributed by atoms with E-state index in [2.05, 4.69) is 10.1 Å². The summed E-state index contributed by atoms with van der Waals surface area (Å²) < 4.78 is 77.6. The minimum Gasteiger partial charge on any atom is -0.251 e. The number of sulfone groups is 1. The van der Waals surface area contributed by atoms with E-state index in [1.807, 2.05) is 0 Å². The Morgan fingerprint density at radius 1 is 1.07 bits per heavy atom. The summed E-state index contributed by atoms with van der Waals surface area (Å²) in [6.07, 6.45) is -3.88. The smallest absolute Gasteiger partial charge is 0.251 e. The molecule has 0 fully saturated rings. The van der Waals surface area contributed by atoms with Crippen LogP contribution in [-0.2, 0) is 16.0 Å². The highest BCUT2D eigenvalue weighted by molar-refractivity contribution is 7.90. The molecular formula is C17H13F4N3O2S. The summed E-state index contributed by atoms with van der Waals surface area (Å²) in [7, 11) is -3.82. The third kappa shape index (κ3) is 3.85. The number of nitrogens with zero attached hydrogens (tertiary/aromatic N) is 3. The van der Waals surface area contributed by atoms with Crippen LogP contribution in [-0.4, -0.2) is 29.4 Å². The largest absolute Gasteiger partial charge is 0.435 e. The Balaban J connectivity index is 2.23. The predicted molar refractivity (Wildman–Crippen MR) is 89.6 cm³/mol. The zero-order valence-corrected chi connectivity index (χ0v) is 14.9. The van der Waals surface area contributed by atoms with Gasteiger partial charge in [0.1, 0.15) is 10.7 Å². The summed E-state index contributed by atoms with van der Waals surface area (Å²) in [6.45, 7) is 1.68. The van der Waals surface area contributed by atoms with Crippen molar-refractivity contribution in [2.24, 2.45) is 0 Å². The Hall–Kier alpha value is -2.75. The molecule has 0 bridgehead atoms. The van der Waals surface area contributed by atoms with Crippen LogP contribution in [0.15, 0.2) is 47.4 Å². The van der Waals surface area contributed by atoms with Crippen molar-refractivity contribution in [3.8, 4) is 17.1 Å². The van der Waals surface area contributed by atoms with Gasteiger partial charge in [0.25, 0.3) is 0 Å². The first kappa shape index (κ1) is 19.0. The van der Waals surface area contributed by atoms with Gasteiger partial charge in [0.05, 0.1) is 17.1 Å². The minimum absolute atomic E-state index is 0.00229. The molecule has 0 saturated carbocycles. The molecule has 0 spiro atoms. The molecule has 10 heteroatoms. The molecular weight excluding hydrogens is 386 g/mol. The first-order valence-electron chi connectivity index (χ1n) is 7.58. The Labute approximate surface area is 152 Å². The summed E-state index contributed by atoms with van der Waals surface area (Å²) in [6, 6.07) is 8.61. The van der Waals surface area contributed by atoms with Crippen LogP contribution in [0.25, 0.3) is 17.1 Å². The molecule has 0 amide bonds. The molecule has 3 rings (SSSR count). The fourth-order valence-electron chi connectivity index (χ4n) is 2.51. The van der Waals surface area contributed by atoms with Gasteiger partial charge < -0.3 is 0 Å². The maximum atomic E-state index is 14.2. The van der Waals surface area contributed by atoms with Crippen molar-refractivity contribution in [3.63, 3.8) is 0 Å². The SMILES string of the molecule is Cc1cccc(-c2cc(C(F)(F)F)nn2-c2ccc(S(C)(=O)=O)c(F)c2)n1. The van der Waals surface area contributed by atoms with Gasteiger partial charge in [-0.2, -0.15) is 18.3 Å². The molecule has 1 aromatic carbocycles. The van der Waals surface area contributed by atoms with Crippen LogP contribution in [0.2, 0.25) is 0 Å². The van der Waals surface area contributed by atoms with Gasteiger partial charge in [-0.3, -0.25) is 4.98 Å². The van der Waals surface area contributed by atoms with Crippen molar-refractivity contribution in [2.45, 2.75) is 18.0 Å². The van der Waals surface area contributed by atoms with E-state index in [1.54, 1.807) is 19.1 Å². The lowest BCUT2D eigenvalue weighted by Gasteiger charge is -2.09. The summed E-state index contributed by atoms with van der Waals surface area (Å²) >= 11 is 0. The number of aryl methyl sites for hydroxylation is 1. The summed E-state index contributed by atoms with van der Waals surface area (Å²) in [5.41, 5.74) is -0.447. The van der Waals surface area contributed by atoms with E-state index in [0.29, 0.717) is 5.69 Å². The van der Waals surface area contributed by atoms with Gasteiger partial charge in [-0.05, 0) is 37.3 Å². The van der Waals surface area contributed by atoms with Gasteiger partial charge in [0.2, 0.25) is 0 Å². The predicted octanol–water partition coefficient (Wildman–Crippen LogP) is 3.80. The van der Waals surface area contributed by atoms with Gasteiger partial charge in [0, 0.05) is 18.0 Å². The Morgan fingerprint density at radius 3 is 2.33 bits per heavy atom. The van der Waals surface area contributed by atoms with Crippen molar-refractivity contribution in [1.82, 2.24) is 14.8 Å². The molecule has 0 unspecified atom stereocenters. The van der Waals surface area contributed by atoms with Crippen molar-refractivity contribution >= 4 is 9.84 Å². The van der Waals surface area contributed by atoms with Crippen molar-refractivity contribution in [1.29, 1.82) is 0 Å². The number of hydrogen-bond donors (Lipinski definition) is 0. The second kappa shape index (κ2) is 6.45. The molecule has 0 radical (unpaired) electrons. The highest BCUT2D eigenvalue weighted by Crippen LogP contribution is 2.33. The highest BCUT2D eigenvalue weighted by Gasteiger charge is 2.35. The van der Waals surface area contributed by atoms with E-state index in [1.165, 1.54) is 12.1 Å². The van der Waals surface area contributed by atoms with Crippen molar-refractivity contribution in [2.75, 3.05) is 6.26 Å². The molecule has 0 N–H and O–H groups in total. The molecule has 0 atom stereocenters. The fourth-order valence-corrected chi connectivity index (χ4v) is 3.24. The quantitative estimate of drug-likeness (QED) is 0.629. The number of pyridine rings is 1. The van der Waals surface area contributed by atoms with Crippen LogP contribution >= 0.6 is 0 Å². The van der Waals surface area contributed by atoms with Crippen LogP contribution in [0.1, 0.15) is 11.4 Å². The van der Waals surface area contributed by atoms with E-state index in [4.69, 9.17) is 0 Å². The Morgan fingerprint density at radius 2 is 1.78 bits per heavy atom. The van der Waals surface area contributed by atoms with E-state index in [9.17, 15) is 26.0 Å². The van der Waals surface area contributed by atoms with Crippen LogP contribution < -0.4 is 0 Å². The zero-order chi connectivity index (χ0) is 20.0. The molecule has 0 saturated heterocycles. The Bertz CT molecular complexity index is 1120. The van der Waals surface area contributed by atoms with Crippen LogP contribution in [0.3, 0.4) is 0 Å². The summed E-state index contributed by atoms with van der Waals surface area (Å²) in [5, 5.41) is 3.53. The molecule has 142 valence electrons. The van der Waals surface area contributed by atoms with Crippen molar-refractivity contribution in [3.05, 3.63) is 59.7 Å². The second-order valence-corrected chi connectivity index (χ2v) is 7.86. The lowest BCUT2D eigenvalue weighted by molar-refractivity contribution is -0.141. The number of aromatic nitrogens is 3. The lowest BCUT2D eigenvalue weighted by Crippen LogP contribution is -2.08. The lowest BCUT2D eigenvalue weighted by atomic mass is 10.2. The highest BCUT2D eigenvalue weighted by atomic mass is 32.2. The molecule has 5 nitrogen and oxygen atoms in total. The Kier molecular flexibility index (Phi) is 4.54. The minimum atomic E-state index is -4.71. The number of rotatable bonds is 3. The fraction of sp³-hybridized carbons (Fsp3) is 0.176. The second-order valence-electron chi connectivity index (χ2n) is 5.88. The normalized spacial score (nSPS) is 12.4. The zero-order valence-electron chi connectivity index (χ0n) is 14.1.